The molecule has 0 saturated heterocycles. The number of fused-ring (bicyclic) bond motifs is 2. The van der Waals surface area contributed by atoms with Crippen molar-refractivity contribution < 1.29 is 4.74 Å². The second-order valence-corrected chi connectivity index (χ2v) is 9.24. The molecule has 3 aromatic heterocycles. The number of aryl methyl sites for hydroxylation is 3. The van der Waals surface area contributed by atoms with Crippen molar-refractivity contribution in [1.29, 1.82) is 5.26 Å². The standard InChI is InChI=1S/C31H24N6O/c1-19-16-22(24-6-4-8-26-25(24)7-5-14-33-26)17-20(2)29(19)38-30-28-27(13-15-37(28)3)35-31(36-30)34-23-11-9-21(18-32)10-12-23/h4-17H,1-3H3,(H,34,35,36). The van der Waals surface area contributed by atoms with Crippen LogP contribution in [0.15, 0.2) is 85.2 Å². The molecular formula is C31H24N6O. The number of rotatable bonds is 5. The van der Waals surface area contributed by atoms with Crippen molar-refractivity contribution in [2.45, 2.75) is 13.8 Å². The summed E-state index contributed by atoms with van der Waals surface area (Å²) in [6.07, 6.45) is 3.76. The third kappa shape index (κ3) is 4.18. The highest BCUT2D eigenvalue weighted by Gasteiger charge is 2.17. The quantitative estimate of drug-likeness (QED) is 0.271. The molecule has 0 fully saturated rings. The Bertz CT molecular complexity index is 1840. The molecule has 0 atom stereocenters. The van der Waals surface area contributed by atoms with Gasteiger partial charge in [0.1, 0.15) is 11.3 Å². The fourth-order valence-corrected chi connectivity index (χ4v) is 4.76. The summed E-state index contributed by atoms with van der Waals surface area (Å²) in [5, 5.41) is 13.4. The normalized spacial score (nSPS) is 11.0. The Morgan fingerprint density at radius 2 is 1.68 bits per heavy atom. The summed E-state index contributed by atoms with van der Waals surface area (Å²) in [6, 6.07) is 25.8. The molecule has 0 bridgehead atoms. The smallest absolute Gasteiger partial charge is 0.249 e. The third-order valence-corrected chi connectivity index (χ3v) is 6.57. The molecule has 184 valence electrons. The number of benzene rings is 3. The monoisotopic (exact) mass is 496 g/mol. The molecule has 3 heterocycles. The Morgan fingerprint density at radius 1 is 0.895 bits per heavy atom. The highest BCUT2D eigenvalue weighted by atomic mass is 16.5. The van der Waals surface area contributed by atoms with Gasteiger partial charge in [-0.05, 0) is 90.7 Å². The van der Waals surface area contributed by atoms with Crippen LogP contribution in [-0.2, 0) is 7.05 Å². The molecule has 3 aromatic carbocycles. The van der Waals surface area contributed by atoms with Gasteiger partial charge in [0, 0.05) is 30.5 Å². The van der Waals surface area contributed by atoms with E-state index in [-0.39, 0.29) is 0 Å². The van der Waals surface area contributed by atoms with E-state index in [0.717, 1.165) is 55.6 Å². The lowest BCUT2D eigenvalue weighted by Crippen LogP contribution is -2.02. The molecule has 0 aliphatic rings. The zero-order valence-corrected chi connectivity index (χ0v) is 21.2. The maximum absolute atomic E-state index is 9.07. The fourth-order valence-electron chi connectivity index (χ4n) is 4.76. The molecule has 6 aromatic rings. The number of aromatic nitrogens is 4. The van der Waals surface area contributed by atoms with Gasteiger partial charge in [0.2, 0.25) is 11.8 Å². The number of pyridine rings is 1. The van der Waals surface area contributed by atoms with E-state index in [1.807, 2.05) is 60.4 Å². The van der Waals surface area contributed by atoms with E-state index in [4.69, 9.17) is 15.0 Å². The molecule has 0 aliphatic carbocycles. The molecule has 7 nitrogen and oxygen atoms in total. The first-order valence-corrected chi connectivity index (χ1v) is 12.2. The third-order valence-electron chi connectivity index (χ3n) is 6.57. The van der Waals surface area contributed by atoms with Crippen LogP contribution in [0.2, 0.25) is 0 Å². The number of nitrogens with one attached hydrogen (secondary N) is 1. The van der Waals surface area contributed by atoms with Crippen molar-refractivity contribution in [3.05, 3.63) is 102 Å². The Kier molecular flexibility index (Phi) is 5.70. The fraction of sp³-hybridized carbons (Fsp3) is 0.0968. The maximum Gasteiger partial charge on any atom is 0.249 e. The van der Waals surface area contributed by atoms with E-state index in [0.29, 0.717) is 17.4 Å². The highest BCUT2D eigenvalue weighted by molar-refractivity contribution is 5.95. The number of hydrogen-bond donors (Lipinski definition) is 1. The molecule has 0 saturated carbocycles. The van der Waals surface area contributed by atoms with Crippen LogP contribution in [0.3, 0.4) is 0 Å². The number of nitrogens with zero attached hydrogens (tertiary/aromatic N) is 5. The van der Waals surface area contributed by atoms with Gasteiger partial charge < -0.3 is 14.6 Å². The topological polar surface area (TPSA) is 88.7 Å². The summed E-state index contributed by atoms with van der Waals surface area (Å²) in [5.41, 5.74) is 8.17. The SMILES string of the molecule is Cc1cc(-c2cccc3ncccc23)cc(C)c1Oc1nc(Nc2ccc(C#N)cc2)nc2ccn(C)c12. The van der Waals surface area contributed by atoms with Crippen LogP contribution in [-0.4, -0.2) is 19.5 Å². The van der Waals surface area contributed by atoms with Gasteiger partial charge >= 0.3 is 0 Å². The van der Waals surface area contributed by atoms with Gasteiger partial charge in [0.05, 0.1) is 22.7 Å². The van der Waals surface area contributed by atoms with Crippen molar-refractivity contribution >= 4 is 33.6 Å². The maximum atomic E-state index is 9.07. The second-order valence-electron chi connectivity index (χ2n) is 9.24. The van der Waals surface area contributed by atoms with Gasteiger partial charge in [-0.15, -0.1) is 0 Å². The van der Waals surface area contributed by atoms with Gasteiger partial charge in [-0.1, -0.05) is 18.2 Å². The lowest BCUT2D eigenvalue weighted by atomic mass is 9.96. The summed E-state index contributed by atoms with van der Waals surface area (Å²) in [5.74, 6) is 1.64. The minimum atomic E-state index is 0.415. The van der Waals surface area contributed by atoms with Gasteiger partial charge in [0.25, 0.3) is 0 Å². The molecule has 0 amide bonds. The zero-order valence-electron chi connectivity index (χ0n) is 21.2. The lowest BCUT2D eigenvalue weighted by molar-refractivity contribution is 0.459. The first-order valence-electron chi connectivity index (χ1n) is 12.2. The predicted molar refractivity (Wildman–Crippen MR) is 150 cm³/mol. The van der Waals surface area contributed by atoms with Gasteiger partial charge in [0.15, 0.2) is 0 Å². The molecule has 0 aliphatic heterocycles. The van der Waals surface area contributed by atoms with Crippen LogP contribution >= 0.6 is 0 Å². The van der Waals surface area contributed by atoms with Crippen LogP contribution in [0.1, 0.15) is 16.7 Å². The van der Waals surface area contributed by atoms with Crippen molar-refractivity contribution in [1.82, 2.24) is 19.5 Å². The summed E-state index contributed by atoms with van der Waals surface area (Å²) in [4.78, 5) is 13.9. The Balaban J connectivity index is 1.39. The van der Waals surface area contributed by atoms with Crippen molar-refractivity contribution in [3.63, 3.8) is 0 Å². The van der Waals surface area contributed by atoms with E-state index < -0.39 is 0 Å². The number of anilines is 2. The summed E-state index contributed by atoms with van der Waals surface area (Å²) in [7, 11) is 1.95. The minimum Gasteiger partial charge on any atom is -0.436 e. The van der Waals surface area contributed by atoms with Gasteiger partial charge in [-0.3, -0.25) is 4.98 Å². The largest absolute Gasteiger partial charge is 0.436 e. The molecular weight excluding hydrogens is 472 g/mol. The molecule has 38 heavy (non-hydrogen) atoms. The summed E-state index contributed by atoms with van der Waals surface area (Å²) in [6.45, 7) is 4.10. The Morgan fingerprint density at radius 3 is 2.45 bits per heavy atom. The van der Waals surface area contributed by atoms with Crippen LogP contribution in [0, 0.1) is 25.2 Å². The molecule has 0 unspecified atom stereocenters. The van der Waals surface area contributed by atoms with E-state index in [9.17, 15) is 0 Å². The van der Waals surface area contributed by atoms with Gasteiger partial charge in [-0.25, -0.2) is 4.98 Å². The zero-order chi connectivity index (χ0) is 26.2. The summed E-state index contributed by atoms with van der Waals surface area (Å²) < 4.78 is 8.47. The van der Waals surface area contributed by atoms with Crippen LogP contribution in [0.5, 0.6) is 11.6 Å². The van der Waals surface area contributed by atoms with Crippen molar-refractivity contribution in [3.8, 4) is 28.8 Å². The molecule has 0 radical (unpaired) electrons. The Hall–Kier alpha value is -5.22. The van der Waals surface area contributed by atoms with Crippen LogP contribution in [0.25, 0.3) is 33.1 Å². The minimum absolute atomic E-state index is 0.415. The van der Waals surface area contributed by atoms with E-state index in [2.05, 4.69) is 59.5 Å². The number of nitriles is 1. The lowest BCUT2D eigenvalue weighted by Gasteiger charge is -2.16. The highest BCUT2D eigenvalue weighted by Crippen LogP contribution is 2.37. The first-order chi connectivity index (χ1) is 18.5. The van der Waals surface area contributed by atoms with E-state index in [1.165, 1.54) is 0 Å². The second kappa shape index (κ2) is 9.34. The molecule has 0 spiro atoms. The van der Waals surface area contributed by atoms with Gasteiger partial charge in [-0.2, -0.15) is 10.2 Å². The van der Waals surface area contributed by atoms with Crippen molar-refractivity contribution in [2.24, 2.45) is 7.05 Å². The molecule has 6 rings (SSSR count). The molecule has 1 N–H and O–H groups in total. The number of hydrogen-bond acceptors (Lipinski definition) is 6. The average molecular weight is 497 g/mol. The van der Waals surface area contributed by atoms with E-state index in [1.54, 1.807) is 12.1 Å². The van der Waals surface area contributed by atoms with Crippen molar-refractivity contribution in [2.75, 3.05) is 5.32 Å². The Labute approximate surface area is 220 Å². The van der Waals surface area contributed by atoms with Crippen LogP contribution < -0.4 is 10.1 Å². The molecule has 7 heteroatoms. The summed E-state index contributed by atoms with van der Waals surface area (Å²) >= 11 is 0. The number of ether oxygens (including phenoxy) is 1. The first kappa shape index (κ1) is 23.2. The van der Waals surface area contributed by atoms with Crippen LogP contribution in [0.4, 0.5) is 11.6 Å². The predicted octanol–water partition coefficient (Wildman–Crippen LogP) is 7.21. The van der Waals surface area contributed by atoms with E-state index >= 15 is 0 Å². The average Bonchev–Trinajstić information content (AvgIpc) is 3.31.